The van der Waals surface area contributed by atoms with Gasteiger partial charge in [-0.15, -0.1) is 0 Å². The molecule has 9 nitrogen and oxygen atoms in total. The topological polar surface area (TPSA) is 147 Å². The summed E-state index contributed by atoms with van der Waals surface area (Å²) in [5.41, 5.74) is 0.585. The molecular formula is C17H28NO8PS2. The molecule has 0 bridgehead atoms. The van der Waals surface area contributed by atoms with Crippen LogP contribution in [0.15, 0.2) is 30.3 Å². The zero-order chi connectivity index (χ0) is 21.5. The van der Waals surface area contributed by atoms with Crippen molar-refractivity contribution in [2.75, 3.05) is 18.1 Å². The summed E-state index contributed by atoms with van der Waals surface area (Å²) in [7, 11) is -12.2. The Morgan fingerprint density at radius 1 is 1.10 bits per heavy atom. The Hall–Kier alpha value is -0.810. The summed E-state index contributed by atoms with van der Waals surface area (Å²) in [4.78, 5) is 18.2. The van der Waals surface area contributed by atoms with E-state index in [0.717, 1.165) is 25.7 Å². The highest BCUT2D eigenvalue weighted by molar-refractivity contribution is 7.91. The predicted molar refractivity (Wildman–Crippen MR) is 109 cm³/mol. The Balaban J connectivity index is 1.92. The van der Waals surface area contributed by atoms with Crippen LogP contribution in [0.5, 0.6) is 0 Å². The van der Waals surface area contributed by atoms with Crippen molar-refractivity contribution in [3.63, 3.8) is 0 Å². The molecule has 1 unspecified atom stereocenters. The Labute approximate surface area is 172 Å². The summed E-state index contributed by atoms with van der Waals surface area (Å²) in [6.07, 6.45) is 2.12. The Bertz CT molecular complexity index is 893. The third kappa shape index (κ3) is 10.2. The van der Waals surface area contributed by atoms with Gasteiger partial charge in [-0.25, -0.2) is 26.1 Å². The smallest absolute Gasteiger partial charge is 0.303 e. The monoisotopic (exact) mass is 469 g/mol. The second-order valence-electron chi connectivity index (χ2n) is 7.37. The van der Waals surface area contributed by atoms with E-state index in [2.05, 4.69) is 9.25 Å². The quantitative estimate of drug-likeness (QED) is 0.391. The third-order valence-corrected chi connectivity index (χ3v) is 8.47. The summed E-state index contributed by atoms with van der Waals surface area (Å²) in [6.45, 7) is -0.196. The van der Waals surface area contributed by atoms with Crippen LogP contribution in [0.2, 0.25) is 0 Å². The molecule has 0 spiro atoms. The Morgan fingerprint density at radius 2 is 1.72 bits per heavy atom. The van der Waals surface area contributed by atoms with Gasteiger partial charge in [-0.05, 0) is 30.7 Å². The van der Waals surface area contributed by atoms with Crippen molar-refractivity contribution >= 4 is 27.7 Å². The number of phosphoric acid groups is 1. The van der Waals surface area contributed by atoms with Gasteiger partial charge in [0.1, 0.15) is 0 Å². The largest absolute Gasteiger partial charge is 0.469 e. The van der Waals surface area contributed by atoms with Gasteiger partial charge >= 0.3 is 7.82 Å². The van der Waals surface area contributed by atoms with E-state index in [9.17, 15) is 21.4 Å². The van der Waals surface area contributed by atoms with Crippen LogP contribution in [-0.4, -0.2) is 50.8 Å². The average Bonchev–Trinajstić information content (AvgIpc) is 3.05. The first-order valence-electron chi connectivity index (χ1n) is 9.40. The van der Waals surface area contributed by atoms with E-state index in [1.807, 2.05) is 0 Å². The number of sulfonamides is 1. The zero-order valence-corrected chi connectivity index (χ0v) is 18.5. The van der Waals surface area contributed by atoms with Crippen molar-refractivity contribution in [1.29, 1.82) is 0 Å². The molecule has 1 atom stereocenters. The maximum Gasteiger partial charge on any atom is 0.469 e. The average molecular weight is 470 g/mol. The van der Waals surface area contributed by atoms with Crippen molar-refractivity contribution in [2.24, 2.45) is 5.92 Å². The van der Waals surface area contributed by atoms with Gasteiger partial charge in [-0.1, -0.05) is 43.2 Å². The van der Waals surface area contributed by atoms with Crippen molar-refractivity contribution in [3.05, 3.63) is 35.9 Å². The molecule has 0 heterocycles. The summed E-state index contributed by atoms with van der Waals surface area (Å²) in [5.74, 6) is -0.805. The molecule has 12 heteroatoms. The Kier molecular flexibility index (Phi) is 8.84. The van der Waals surface area contributed by atoms with Gasteiger partial charge in [0, 0.05) is 6.54 Å². The Morgan fingerprint density at radius 3 is 2.31 bits per heavy atom. The lowest BCUT2D eigenvalue weighted by Crippen LogP contribution is -2.33. The molecule has 0 aliphatic heterocycles. The molecule has 1 fully saturated rings. The van der Waals surface area contributed by atoms with E-state index >= 15 is 0 Å². The number of nitrogens with one attached hydrogen (secondary N) is 1. The van der Waals surface area contributed by atoms with Gasteiger partial charge in [-0.2, -0.15) is 0 Å². The fourth-order valence-corrected chi connectivity index (χ4v) is 7.29. The van der Waals surface area contributed by atoms with Gasteiger partial charge < -0.3 is 9.79 Å². The lowest BCUT2D eigenvalue weighted by Gasteiger charge is -2.19. The van der Waals surface area contributed by atoms with Gasteiger partial charge in [0.05, 0.1) is 23.4 Å². The van der Waals surface area contributed by atoms with E-state index < -0.39 is 39.5 Å². The van der Waals surface area contributed by atoms with E-state index in [1.165, 1.54) is 0 Å². The molecule has 1 aromatic carbocycles. The minimum absolute atomic E-state index is 0.0479. The highest BCUT2D eigenvalue weighted by atomic mass is 32.2. The number of benzene rings is 1. The second kappa shape index (κ2) is 10.5. The van der Waals surface area contributed by atoms with Crippen LogP contribution in [-0.2, 0) is 34.7 Å². The number of hydrogen-bond acceptors (Lipinski definition) is 6. The summed E-state index contributed by atoms with van der Waals surface area (Å²) in [5, 5.41) is 0. The van der Waals surface area contributed by atoms with E-state index in [4.69, 9.17) is 9.79 Å². The van der Waals surface area contributed by atoms with Crippen LogP contribution in [0.4, 0.5) is 0 Å². The number of rotatable bonds is 12. The molecule has 0 aromatic heterocycles. The SMILES string of the molecule is O=P(O)(O)OC(CCNS(=O)(=O)Cc1ccccc1)CS(=O)(=O)CC1CCCC1. The first-order valence-corrected chi connectivity index (χ1v) is 14.4. The fraction of sp³-hybridized carbons (Fsp3) is 0.647. The van der Waals surface area contributed by atoms with Crippen molar-refractivity contribution in [3.8, 4) is 0 Å². The molecule has 1 aliphatic rings. The first-order chi connectivity index (χ1) is 13.4. The van der Waals surface area contributed by atoms with Gasteiger partial charge in [-0.3, -0.25) is 4.52 Å². The minimum atomic E-state index is -4.92. The molecule has 3 N–H and O–H groups in total. The van der Waals surface area contributed by atoms with Gasteiger partial charge in [0.25, 0.3) is 0 Å². The fourth-order valence-electron chi connectivity index (χ4n) is 3.47. The lowest BCUT2D eigenvalue weighted by atomic mass is 10.1. The maximum atomic E-state index is 12.4. The van der Waals surface area contributed by atoms with Crippen LogP contribution in [0.25, 0.3) is 0 Å². The highest BCUT2D eigenvalue weighted by Crippen LogP contribution is 2.38. The molecule has 1 aromatic rings. The van der Waals surface area contributed by atoms with E-state index in [1.54, 1.807) is 30.3 Å². The molecule has 29 heavy (non-hydrogen) atoms. The van der Waals surface area contributed by atoms with Gasteiger partial charge in [0.15, 0.2) is 9.84 Å². The van der Waals surface area contributed by atoms with Crippen LogP contribution < -0.4 is 4.72 Å². The van der Waals surface area contributed by atoms with Crippen LogP contribution in [0.3, 0.4) is 0 Å². The van der Waals surface area contributed by atoms with Crippen LogP contribution >= 0.6 is 7.82 Å². The van der Waals surface area contributed by atoms with Crippen LogP contribution in [0, 0.1) is 5.92 Å². The highest BCUT2D eigenvalue weighted by Gasteiger charge is 2.30. The minimum Gasteiger partial charge on any atom is -0.303 e. The number of sulfone groups is 1. The standard InChI is InChI=1S/C17H28NO8PS2/c19-27(20,21)26-17(14-28(22,23)12-15-8-4-5-9-15)10-11-18-29(24,25)13-16-6-2-1-3-7-16/h1-3,6-7,15,17-18H,4-5,8-14H2,(H2,19,20,21). The lowest BCUT2D eigenvalue weighted by molar-refractivity contribution is 0.141. The molecule has 0 amide bonds. The first kappa shape index (κ1) is 24.5. The number of phosphoric ester groups is 1. The predicted octanol–water partition coefficient (Wildman–Crippen LogP) is 1.58. The molecule has 0 saturated heterocycles. The summed E-state index contributed by atoms with van der Waals surface area (Å²) >= 11 is 0. The molecule has 2 rings (SSSR count). The third-order valence-electron chi connectivity index (χ3n) is 4.68. The molecule has 0 radical (unpaired) electrons. The normalized spacial score (nSPS) is 17.4. The zero-order valence-electron chi connectivity index (χ0n) is 16.0. The maximum absolute atomic E-state index is 12.4. The number of hydrogen-bond donors (Lipinski definition) is 3. The van der Waals surface area contributed by atoms with Crippen LogP contribution in [0.1, 0.15) is 37.7 Å². The second-order valence-corrected chi connectivity index (χ2v) is 12.5. The molecule has 1 saturated carbocycles. The van der Waals surface area contributed by atoms with Crippen molar-refractivity contribution in [2.45, 2.75) is 44.0 Å². The molecule has 1 aliphatic carbocycles. The summed E-state index contributed by atoms with van der Waals surface area (Å²) < 4.78 is 67.3. The summed E-state index contributed by atoms with van der Waals surface area (Å²) in [6, 6.07) is 8.51. The van der Waals surface area contributed by atoms with E-state index in [0.29, 0.717) is 5.56 Å². The van der Waals surface area contributed by atoms with Gasteiger partial charge in [0.2, 0.25) is 10.0 Å². The molecular weight excluding hydrogens is 441 g/mol. The van der Waals surface area contributed by atoms with Crippen molar-refractivity contribution in [1.82, 2.24) is 4.72 Å². The van der Waals surface area contributed by atoms with Crippen molar-refractivity contribution < 1.29 is 35.7 Å². The molecule has 166 valence electrons. The van der Waals surface area contributed by atoms with E-state index in [-0.39, 0.29) is 30.4 Å².